The number of rotatable bonds is 6. The van der Waals surface area contributed by atoms with Crippen LogP contribution in [0.3, 0.4) is 0 Å². The van der Waals surface area contributed by atoms with Crippen LogP contribution in [0.1, 0.15) is 23.6 Å². The molecular weight excluding hydrogens is 348 g/mol. The SMILES string of the molecule is CCc1ccc(Cc2ccccc2O[C@H]2O[C@H](CO)[C@@H](O)[C@H](O)[C@H]2O)cc1. The number of benzene rings is 2. The number of aryl methyl sites for hydroxylation is 1. The molecule has 0 unspecified atom stereocenters. The normalized spacial score (nSPS) is 28.1. The molecule has 3 rings (SSSR count). The van der Waals surface area contributed by atoms with Gasteiger partial charge in [0, 0.05) is 6.42 Å². The van der Waals surface area contributed by atoms with E-state index in [1.54, 1.807) is 6.07 Å². The second-order valence-electron chi connectivity index (χ2n) is 6.77. The molecule has 27 heavy (non-hydrogen) atoms. The minimum Gasteiger partial charge on any atom is -0.462 e. The number of hydrogen-bond donors (Lipinski definition) is 4. The number of ether oxygens (including phenoxy) is 2. The third-order valence-corrected chi connectivity index (χ3v) is 4.89. The van der Waals surface area contributed by atoms with Crippen LogP contribution in [0.25, 0.3) is 0 Å². The zero-order chi connectivity index (χ0) is 19.4. The van der Waals surface area contributed by atoms with Crippen LogP contribution in [0.15, 0.2) is 48.5 Å². The Morgan fingerprint density at radius 3 is 2.22 bits per heavy atom. The molecule has 1 saturated heterocycles. The summed E-state index contributed by atoms with van der Waals surface area (Å²) < 4.78 is 11.2. The molecule has 2 aromatic carbocycles. The number of hydrogen-bond acceptors (Lipinski definition) is 6. The van der Waals surface area contributed by atoms with Gasteiger partial charge < -0.3 is 29.9 Å². The van der Waals surface area contributed by atoms with Crippen LogP contribution >= 0.6 is 0 Å². The van der Waals surface area contributed by atoms with Crippen molar-refractivity contribution in [2.24, 2.45) is 0 Å². The monoisotopic (exact) mass is 374 g/mol. The number of aliphatic hydroxyl groups excluding tert-OH is 4. The van der Waals surface area contributed by atoms with Gasteiger partial charge in [0.05, 0.1) is 6.61 Å². The highest BCUT2D eigenvalue weighted by molar-refractivity contribution is 5.38. The first-order valence-corrected chi connectivity index (χ1v) is 9.16. The third kappa shape index (κ3) is 4.48. The van der Waals surface area contributed by atoms with E-state index in [9.17, 15) is 20.4 Å². The Morgan fingerprint density at radius 2 is 1.56 bits per heavy atom. The van der Waals surface area contributed by atoms with Crippen molar-refractivity contribution in [3.63, 3.8) is 0 Å². The standard InChI is InChI=1S/C21H26O6/c1-2-13-7-9-14(10-8-13)11-15-5-3-4-6-16(15)26-21-20(25)19(24)18(23)17(12-22)27-21/h3-10,17-25H,2,11-12H2,1H3/t17-,18-,19+,20-,21+/m1/s1. The number of para-hydroxylation sites is 1. The van der Waals surface area contributed by atoms with Gasteiger partial charge in [0.2, 0.25) is 6.29 Å². The van der Waals surface area contributed by atoms with Crippen LogP contribution in [0.2, 0.25) is 0 Å². The smallest absolute Gasteiger partial charge is 0.229 e. The maximum atomic E-state index is 10.2. The molecule has 4 N–H and O–H groups in total. The topological polar surface area (TPSA) is 99.4 Å². The van der Waals surface area contributed by atoms with Crippen molar-refractivity contribution in [3.05, 3.63) is 65.2 Å². The molecule has 0 amide bonds. The van der Waals surface area contributed by atoms with Gasteiger partial charge in [0.15, 0.2) is 0 Å². The molecule has 1 aliphatic rings. The van der Waals surface area contributed by atoms with Crippen molar-refractivity contribution in [2.45, 2.75) is 50.5 Å². The second kappa shape index (κ2) is 8.82. The lowest BCUT2D eigenvalue weighted by atomic mass is 9.99. The Bertz CT molecular complexity index is 730. The lowest BCUT2D eigenvalue weighted by Crippen LogP contribution is -2.60. The van der Waals surface area contributed by atoms with Crippen molar-refractivity contribution in [1.29, 1.82) is 0 Å². The van der Waals surface area contributed by atoms with Gasteiger partial charge in [0.1, 0.15) is 30.2 Å². The fourth-order valence-corrected chi connectivity index (χ4v) is 3.17. The number of aliphatic hydroxyl groups is 4. The molecule has 1 heterocycles. The van der Waals surface area contributed by atoms with Gasteiger partial charge in [-0.05, 0) is 29.2 Å². The average molecular weight is 374 g/mol. The Kier molecular flexibility index (Phi) is 6.46. The summed E-state index contributed by atoms with van der Waals surface area (Å²) in [4.78, 5) is 0. The highest BCUT2D eigenvalue weighted by Gasteiger charge is 2.44. The first-order chi connectivity index (χ1) is 13.0. The van der Waals surface area contributed by atoms with Crippen LogP contribution < -0.4 is 4.74 Å². The summed E-state index contributed by atoms with van der Waals surface area (Å²) in [5.74, 6) is 0.515. The van der Waals surface area contributed by atoms with E-state index in [-0.39, 0.29) is 0 Å². The van der Waals surface area contributed by atoms with Crippen molar-refractivity contribution in [3.8, 4) is 5.75 Å². The fraction of sp³-hybridized carbons (Fsp3) is 0.429. The molecule has 0 radical (unpaired) electrons. The summed E-state index contributed by atoms with van der Waals surface area (Å²) in [6, 6.07) is 15.7. The lowest BCUT2D eigenvalue weighted by Gasteiger charge is -2.39. The summed E-state index contributed by atoms with van der Waals surface area (Å²) in [7, 11) is 0. The molecule has 6 nitrogen and oxygen atoms in total. The Hall–Kier alpha value is -1.96. The van der Waals surface area contributed by atoms with E-state index < -0.39 is 37.3 Å². The van der Waals surface area contributed by atoms with Gasteiger partial charge in [-0.1, -0.05) is 49.4 Å². The van der Waals surface area contributed by atoms with Crippen LogP contribution in [-0.2, 0) is 17.6 Å². The van der Waals surface area contributed by atoms with Crippen molar-refractivity contribution in [2.75, 3.05) is 6.61 Å². The molecule has 146 valence electrons. The average Bonchev–Trinajstić information content (AvgIpc) is 2.70. The van der Waals surface area contributed by atoms with Gasteiger partial charge in [0.25, 0.3) is 0 Å². The minimum absolute atomic E-state index is 0.490. The van der Waals surface area contributed by atoms with E-state index in [0.717, 1.165) is 17.5 Å². The molecule has 1 aliphatic heterocycles. The molecule has 0 aromatic heterocycles. The van der Waals surface area contributed by atoms with Crippen LogP contribution in [0.4, 0.5) is 0 Å². The van der Waals surface area contributed by atoms with E-state index in [2.05, 4.69) is 31.2 Å². The van der Waals surface area contributed by atoms with E-state index >= 15 is 0 Å². The van der Waals surface area contributed by atoms with Gasteiger partial charge in [-0.15, -0.1) is 0 Å². The first kappa shape index (κ1) is 19.8. The van der Waals surface area contributed by atoms with E-state index in [1.807, 2.05) is 18.2 Å². The predicted molar refractivity (Wildman–Crippen MR) is 99.5 cm³/mol. The highest BCUT2D eigenvalue weighted by Crippen LogP contribution is 2.28. The molecule has 5 atom stereocenters. The highest BCUT2D eigenvalue weighted by atomic mass is 16.7. The summed E-state index contributed by atoms with van der Waals surface area (Å²) in [6.45, 7) is 1.62. The van der Waals surface area contributed by atoms with Crippen molar-refractivity contribution in [1.82, 2.24) is 0 Å². The van der Waals surface area contributed by atoms with Crippen molar-refractivity contribution < 1.29 is 29.9 Å². The predicted octanol–water partition coefficient (Wildman–Crippen LogP) is 1.02. The zero-order valence-electron chi connectivity index (χ0n) is 15.2. The summed E-state index contributed by atoms with van der Waals surface area (Å²) in [6.07, 6.45) is -4.87. The van der Waals surface area contributed by atoms with Crippen molar-refractivity contribution >= 4 is 0 Å². The third-order valence-electron chi connectivity index (χ3n) is 4.89. The van der Waals surface area contributed by atoms with E-state index in [0.29, 0.717) is 12.2 Å². The molecular formula is C21H26O6. The van der Waals surface area contributed by atoms with Gasteiger partial charge in [-0.3, -0.25) is 0 Å². The molecule has 1 fully saturated rings. The lowest BCUT2D eigenvalue weighted by molar-refractivity contribution is -0.277. The summed E-state index contributed by atoms with van der Waals surface area (Å²) in [5, 5.41) is 39.3. The van der Waals surface area contributed by atoms with Crippen LogP contribution in [0.5, 0.6) is 5.75 Å². The van der Waals surface area contributed by atoms with Gasteiger partial charge >= 0.3 is 0 Å². The van der Waals surface area contributed by atoms with E-state index in [4.69, 9.17) is 9.47 Å². The molecule has 2 aromatic rings. The van der Waals surface area contributed by atoms with Crippen LogP contribution in [0, 0.1) is 0 Å². The summed E-state index contributed by atoms with van der Waals surface area (Å²) in [5.41, 5.74) is 3.29. The zero-order valence-corrected chi connectivity index (χ0v) is 15.2. The molecule has 0 aliphatic carbocycles. The Morgan fingerprint density at radius 1 is 0.889 bits per heavy atom. The summed E-state index contributed by atoms with van der Waals surface area (Å²) >= 11 is 0. The molecule has 0 bridgehead atoms. The molecule has 0 saturated carbocycles. The Balaban J connectivity index is 1.77. The van der Waals surface area contributed by atoms with Crippen LogP contribution in [-0.4, -0.2) is 57.7 Å². The fourth-order valence-electron chi connectivity index (χ4n) is 3.17. The molecule has 6 heteroatoms. The Labute approximate surface area is 158 Å². The first-order valence-electron chi connectivity index (χ1n) is 9.16. The quantitative estimate of drug-likeness (QED) is 0.603. The largest absolute Gasteiger partial charge is 0.462 e. The maximum Gasteiger partial charge on any atom is 0.229 e. The molecule has 0 spiro atoms. The van der Waals surface area contributed by atoms with Gasteiger partial charge in [-0.25, -0.2) is 0 Å². The minimum atomic E-state index is -1.46. The van der Waals surface area contributed by atoms with E-state index in [1.165, 1.54) is 5.56 Å². The second-order valence-corrected chi connectivity index (χ2v) is 6.77. The van der Waals surface area contributed by atoms with Gasteiger partial charge in [-0.2, -0.15) is 0 Å². The maximum absolute atomic E-state index is 10.2.